The van der Waals surface area contributed by atoms with E-state index in [1.165, 1.54) is 11.3 Å². The van der Waals surface area contributed by atoms with Crippen LogP contribution in [0.3, 0.4) is 0 Å². The van der Waals surface area contributed by atoms with Gasteiger partial charge < -0.3 is 19.9 Å². The second kappa shape index (κ2) is 7.63. The monoisotopic (exact) mass is 399 g/mol. The molecule has 146 valence electrons. The number of ether oxygens (including phenoxy) is 1. The fourth-order valence-electron chi connectivity index (χ4n) is 3.53. The smallest absolute Gasteiger partial charge is 0.409 e. The summed E-state index contributed by atoms with van der Waals surface area (Å²) in [5.74, 6) is -0.181. The molecule has 28 heavy (non-hydrogen) atoms. The van der Waals surface area contributed by atoms with Crippen LogP contribution in [0.5, 0.6) is 0 Å². The number of benzene rings is 1. The van der Waals surface area contributed by atoms with Gasteiger partial charge >= 0.3 is 6.09 Å². The molecule has 0 spiro atoms. The van der Waals surface area contributed by atoms with E-state index in [2.05, 4.69) is 10.3 Å². The van der Waals surface area contributed by atoms with Crippen molar-refractivity contribution >= 4 is 44.3 Å². The third-order valence-corrected chi connectivity index (χ3v) is 6.14. The zero-order chi connectivity index (χ0) is 19.7. The summed E-state index contributed by atoms with van der Waals surface area (Å²) in [6.45, 7) is 3.25. The lowest BCUT2D eigenvalue weighted by atomic mass is 10.1. The maximum atomic E-state index is 12.7. The number of piperidine rings is 1. The van der Waals surface area contributed by atoms with E-state index in [0.717, 1.165) is 15.6 Å². The van der Waals surface area contributed by atoms with Crippen LogP contribution in [0.15, 0.2) is 35.1 Å². The Morgan fingerprint density at radius 3 is 2.75 bits per heavy atom. The number of fused-ring (bicyclic) bond motifs is 3. The summed E-state index contributed by atoms with van der Waals surface area (Å²) >= 11 is 1.33. The molecule has 8 heteroatoms. The summed E-state index contributed by atoms with van der Waals surface area (Å²) in [6.07, 6.45) is 1.06. The molecule has 1 aliphatic heterocycles. The lowest BCUT2D eigenvalue weighted by Gasteiger charge is -2.31. The minimum absolute atomic E-state index is 0.00147. The summed E-state index contributed by atoms with van der Waals surface area (Å²) in [5, 5.41) is 4.50. The third kappa shape index (κ3) is 3.47. The fraction of sp³-hybridized carbons (Fsp3) is 0.350. The zero-order valence-electron chi connectivity index (χ0n) is 15.5. The fourth-order valence-corrected chi connectivity index (χ4v) is 4.63. The van der Waals surface area contributed by atoms with E-state index >= 15 is 0 Å². The second-order valence-electron chi connectivity index (χ2n) is 6.79. The molecule has 0 radical (unpaired) electrons. The molecule has 0 bridgehead atoms. The second-order valence-corrected chi connectivity index (χ2v) is 7.84. The van der Waals surface area contributed by atoms with Gasteiger partial charge in [-0.05, 0) is 31.9 Å². The SMILES string of the molecule is CCOC(=O)N1CCC(NC(=O)c2cc3c(=O)[nH]c4ccccc4c3s2)CC1. The van der Waals surface area contributed by atoms with Gasteiger partial charge in [-0.3, -0.25) is 9.59 Å². The molecule has 0 saturated carbocycles. The number of thiophene rings is 1. The Balaban J connectivity index is 1.49. The van der Waals surface area contributed by atoms with Gasteiger partial charge in [0.1, 0.15) is 0 Å². The van der Waals surface area contributed by atoms with Crippen LogP contribution in [0.2, 0.25) is 0 Å². The number of carbonyl (C=O) groups excluding carboxylic acids is 2. The predicted molar refractivity (Wildman–Crippen MR) is 109 cm³/mol. The van der Waals surface area contributed by atoms with Crippen molar-refractivity contribution in [1.29, 1.82) is 0 Å². The number of para-hydroxylation sites is 1. The number of aromatic amines is 1. The van der Waals surface area contributed by atoms with Crippen LogP contribution >= 0.6 is 11.3 Å². The predicted octanol–water partition coefficient (Wildman–Crippen LogP) is 3.09. The molecule has 0 aliphatic carbocycles. The molecule has 1 aliphatic rings. The summed E-state index contributed by atoms with van der Waals surface area (Å²) in [6, 6.07) is 9.24. The van der Waals surface area contributed by atoms with Gasteiger partial charge in [0.25, 0.3) is 11.5 Å². The Hall–Kier alpha value is -2.87. The highest BCUT2D eigenvalue weighted by Gasteiger charge is 2.25. The van der Waals surface area contributed by atoms with Gasteiger partial charge in [-0.1, -0.05) is 18.2 Å². The lowest BCUT2D eigenvalue weighted by Crippen LogP contribution is -2.46. The van der Waals surface area contributed by atoms with Crippen LogP contribution in [-0.2, 0) is 4.74 Å². The summed E-state index contributed by atoms with van der Waals surface area (Å²) in [7, 11) is 0. The number of carbonyl (C=O) groups is 2. The first-order valence-electron chi connectivity index (χ1n) is 9.34. The topological polar surface area (TPSA) is 91.5 Å². The van der Waals surface area contributed by atoms with Gasteiger partial charge in [-0.25, -0.2) is 4.79 Å². The standard InChI is InChI=1S/C20H21N3O4S/c1-2-27-20(26)23-9-7-12(8-10-23)21-19(25)16-11-14-17(28-16)13-5-3-4-6-15(13)22-18(14)24/h3-6,11-12H,2,7-10H2,1H3,(H,21,25)(H,22,24). The van der Waals surface area contributed by atoms with E-state index < -0.39 is 0 Å². The third-order valence-electron chi connectivity index (χ3n) is 4.98. The number of hydrogen-bond donors (Lipinski definition) is 2. The number of aromatic nitrogens is 1. The molecule has 2 aromatic heterocycles. The number of H-pyrrole nitrogens is 1. The van der Waals surface area contributed by atoms with Gasteiger partial charge in [-0.15, -0.1) is 11.3 Å². The Morgan fingerprint density at radius 2 is 2.00 bits per heavy atom. The Kier molecular flexibility index (Phi) is 5.04. The zero-order valence-corrected chi connectivity index (χ0v) is 16.3. The Bertz CT molecular complexity index is 1100. The van der Waals surface area contributed by atoms with Crippen molar-refractivity contribution in [2.75, 3.05) is 19.7 Å². The van der Waals surface area contributed by atoms with Crippen LogP contribution < -0.4 is 10.9 Å². The first-order chi connectivity index (χ1) is 13.6. The summed E-state index contributed by atoms with van der Waals surface area (Å²) in [4.78, 5) is 41.9. The van der Waals surface area contributed by atoms with Crippen molar-refractivity contribution in [2.24, 2.45) is 0 Å². The maximum absolute atomic E-state index is 12.7. The van der Waals surface area contributed by atoms with E-state index in [-0.39, 0.29) is 23.6 Å². The molecule has 1 fully saturated rings. The van der Waals surface area contributed by atoms with E-state index in [1.54, 1.807) is 17.9 Å². The Labute approximate surface area is 165 Å². The highest BCUT2D eigenvalue weighted by atomic mass is 32.1. The van der Waals surface area contributed by atoms with Gasteiger partial charge in [-0.2, -0.15) is 0 Å². The minimum Gasteiger partial charge on any atom is -0.450 e. The van der Waals surface area contributed by atoms with E-state index in [9.17, 15) is 14.4 Å². The largest absolute Gasteiger partial charge is 0.450 e. The summed E-state index contributed by atoms with van der Waals surface area (Å²) < 4.78 is 5.84. The molecule has 3 aromatic rings. The molecule has 0 unspecified atom stereocenters. The van der Waals surface area contributed by atoms with Crippen molar-refractivity contribution in [3.8, 4) is 0 Å². The average Bonchev–Trinajstić information content (AvgIpc) is 3.15. The van der Waals surface area contributed by atoms with Gasteiger partial charge in [0.15, 0.2) is 0 Å². The van der Waals surface area contributed by atoms with Crippen molar-refractivity contribution in [1.82, 2.24) is 15.2 Å². The van der Waals surface area contributed by atoms with E-state index in [0.29, 0.717) is 42.8 Å². The molecule has 1 aromatic carbocycles. The molecular formula is C20H21N3O4S. The number of hydrogen-bond acceptors (Lipinski definition) is 5. The maximum Gasteiger partial charge on any atom is 0.409 e. The number of amides is 2. The van der Waals surface area contributed by atoms with Crippen LogP contribution in [0, 0.1) is 0 Å². The van der Waals surface area contributed by atoms with Gasteiger partial charge in [0, 0.05) is 34.7 Å². The number of nitrogens with one attached hydrogen (secondary N) is 2. The molecule has 4 rings (SSSR count). The van der Waals surface area contributed by atoms with Crippen LogP contribution in [0.1, 0.15) is 29.4 Å². The molecule has 0 atom stereocenters. The normalized spacial score (nSPS) is 15.1. The lowest BCUT2D eigenvalue weighted by molar-refractivity contribution is 0.0863. The first-order valence-corrected chi connectivity index (χ1v) is 10.2. The van der Waals surface area contributed by atoms with Crippen molar-refractivity contribution in [3.05, 3.63) is 45.6 Å². The highest BCUT2D eigenvalue weighted by molar-refractivity contribution is 7.21. The number of likely N-dealkylation sites (tertiary alicyclic amines) is 1. The number of nitrogens with zero attached hydrogens (tertiary/aromatic N) is 1. The quantitative estimate of drug-likeness (QED) is 0.708. The van der Waals surface area contributed by atoms with Crippen molar-refractivity contribution in [3.63, 3.8) is 0 Å². The molecule has 7 nitrogen and oxygen atoms in total. The van der Waals surface area contributed by atoms with Crippen molar-refractivity contribution in [2.45, 2.75) is 25.8 Å². The van der Waals surface area contributed by atoms with E-state index in [1.807, 2.05) is 24.3 Å². The summed E-state index contributed by atoms with van der Waals surface area (Å²) in [5.41, 5.74) is 0.576. The molecular weight excluding hydrogens is 378 g/mol. The average molecular weight is 399 g/mol. The van der Waals surface area contributed by atoms with Gasteiger partial charge in [0.2, 0.25) is 0 Å². The number of pyridine rings is 1. The Morgan fingerprint density at radius 1 is 1.25 bits per heavy atom. The van der Waals surface area contributed by atoms with Crippen molar-refractivity contribution < 1.29 is 14.3 Å². The van der Waals surface area contributed by atoms with Crippen LogP contribution in [-0.4, -0.2) is 47.6 Å². The molecule has 2 amide bonds. The minimum atomic E-state index is -0.303. The van der Waals surface area contributed by atoms with E-state index in [4.69, 9.17) is 4.74 Å². The number of rotatable bonds is 3. The van der Waals surface area contributed by atoms with Gasteiger partial charge in [0.05, 0.1) is 16.9 Å². The molecule has 1 saturated heterocycles. The highest BCUT2D eigenvalue weighted by Crippen LogP contribution is 2.29. The molecule has 2 N–H and O–H groups in total. The molecule has 3 heterocycles. The first kappa shape index (κ1) is 18.5. The van der Waals surface area contributed by atoms with Crippen LogP contribution in [0.4, 0.5) is 4.79 Å². The van der Waals surface area contributed by atoms with Crippen LogP contribution in [0.25, 0.3) is 21.0 Å².